The summed E-state index contributed by atoms with van der Waals surface area (Å²) in [5.41, 5.74) is 7.34. The Labute approximate surface area is 114 Å². The Bertz CT molecular complexity index is 414. The van der Waals surface area contributed by atoms with E-state index in [0.717, 1.165) is 24.3 Å². The number of pyridine rings is 1. The molecule has 98 valence electrons. The van der Waals surface area contributed by atoms with Crippen molar-refractivity contribution in [1.29, 1.82) is 0 Å². The van der Waals surface area contributed by atoms with E-state index in [-0.39, 0.29) is 0 Å². The van der Waals surface area contributed by atoms with Gasteiger partial charge in [-0.05, 0) is 37.7 Å². The van der Waals surface area contributed by atoms with Gasteiger partial charge in [0.1, 0.15) is 10.7 Å². The molecule has 0 spiro atoms. The first-order valence-corrected chi connectivity index (χ1v) is 6.93. The highest BCUT2D eigenvalue weighted by Crippen LogP contribution is 2.26. The van der Waals surface area contributed by atoms with Crippen LogP contribution in [0.2, 0.25) is 0 Å². The minimum absolute atomic E-state index is 0.339. The third kappa shape index (κ3) is 3.50. The second-order valence-corrected chi connectivity index (χ2v) is 5.51. The zero-order valence-electron chi connectivity index (χ0n) is 10.8. The Morgan fingerprint density at radius 1 is 1.44 bits per heavy atom. The largest absolute Gasteiger partial charge is 0.388 e. The number of nitrogens with two attached hydrogens (primary N) is 1. The van der Waals surface area contributed by atoms with E-state index in [0.29, 0.717) is 23.4 Å². The van der Waals surface area contributed by atoms with Crippen molar-refractivity contribution < 1.29 is 4.74 Å². The van der Waals surface area contributed by atoms with Gasteiger partial charge in [-0.15, -0.1) is 0 Å². The van der Waals surface area contributed by atoms with Gasteiger partial charge in [-0.3, -0.25) is 4.98 Å². The van der Waals surface area contributed by atoms with Crippen LogP contribution in [0.4, 0.5) is 0 Å². The van der Waals surface area contributed by atoms with Gasteiger partial charge >= 0.3 is 0 Å². The van der Waals surface area contributed by atoms with E-state index in [1.54, 1.807) is 6.20 Å². The van der Waals surface area contributed by atoms with Gasteiger partial charge in [0.2, 0.25) is 0 Å². The second kappa shape index (κ2) is 6.25. The molecule has 0 bridgehead atoms. The molecular weight excluding hydrogens is 244 g/mol. The Morgan fingerprint density at radius 3 is 2.83 bits per heavy atom. The molecule has 1 aromatic heterocycles. The Kier molecular flexibility index (Phi) is 4.66. The first-order valence-electron chi connectivity index (χ1n) is 6.52. The molecule has 1 fully saturated rings. The van der Waals surface area contributed by atoms with E-state index in [1.807, 2.05) is 12.1 Å². The smallest absolute Gasteiger partial charge is 0.123 e. The van der Waals surface area contributed by atoms with Crippen LogP contribution in [0.3, 0.4) is 0 Å². The molecule has 0 atom stereocenters. The summed E-state index contributed by atoms with van der Waals surface area (Å²) in [5.74, 6) is 0.843. The maximum Gasteiger partial charge on any atom is 0.123 e. The lowest BCUT2D eigenvalue weighted by Crippen LogP contribution is -2.21. The van der Waals surface area contributed by atoms with E-state index in [9.17, 15) is 0 Å². The Balaban J connectivity index is 1.92. The molecule has 0 radical (unpaired) electrons. The average Bonchev–Trinajstić information content (AvgIpc) is 2.38. The minimum atomic E-state index is 0.339. The molecule has 1 aliphatic carbocycles. The lowest BCUT2D eigenvalue weighted by atomic mass is 9.89. The van der Waals surface area contributed by atoms with Crippen LogP contribution in [-0.2, 0) is 11.3 Å². The van der Waals surface area contributed by atoms with Crippen LogP contribution in [0.25, 0.3) is 0 Å². The molecule has 1 saturated carbocycles. The van der Waals surface area contributed by atoms with Crippen LogP contribution in [0, 0.1) is 5.92 Å². The van der Waals surface area contributed by atoms with Gasteiger partial charge in [0.25, 0.3) is 0 Å². The number of ether oxygens (including phenoxy) is 1. The standard InChI is InChI=1S/C14H20N2OS/c1-10-4-6-12(7-5-10)17-9-11-3-2-8-16-13(11)14(15)18/h2-3,8,10,12H,4-7,9H2,1H3,(H2,15,18). The Morgan fingerprint density at radius 2 is 2.17 bits per heavy atom. The van der Waals surface area contributed by atoms with Crippen LogP contribution in [0.1, 0.15) is 43.9 Å². The highest BCUT2D eigenvalue weighted by molar-refractivity contribution is 7.80. The predicted molar refractivity (Wildman–Crippen MR) is 76.3 cm³/mol. The third-order valence-electron chi connectivity index (χ3n) is 3.56. The topological polar surface area (TPSA) is 48.1 Å². The summed E-state index contributed by atoms with van der Waals surface area (Å²) in [6.45, 7) is 2.86. The molecule has 0 saturated heterocycles. The summed E-state index contributed by atoms with van der Waals surface area (Å²) in [5, 5.41) is 0. The van der Waals surface area contributed by atoms with Crippen LogP contribution < -0.4 is 5.73 Å². The number of aromatic nitrogens is 1. The summed E-state index contributed by atoms with van der Waals surface area (Å²) in [6.07, 6.45) is 6.92. The van der Waals surface area contributed by atoms with Crippen LogP contribution in [0.5, 0.6) is 0 Å². The molecule has 1 heterocycles. The van der Waals surface area contributed by atoms with Crippen molar-refractivity contribution in [2.24, 2.45) is 11.7 Å². The number of hydrogen-bond donors (Lipinski definition) is 1. The van der Waals surface area contributed by atoms with E-state index < -0.39 is 0 Å². The predicted octanol–water partition coefficient (Wildman–Crippen LogP) is 2.81. The first-order chi connectivity index (χ1) is 8.66. The zero-order valence-corrected chi connectivity index (χ0v) is 11.6. The number of hydrogen-bond acceptors (Lipinski definition) is 3. The Hall–Kier alpha value is -1.00. The molecule has 2 N–H and O–H groups in total. The maximum absolute atomic E-state index is 5.95. The van der Waals surface area contributed by atoms with Crippen molar-refractivity contribution in [3.63, 3.8) is 0 Å². The van der Waals surface area contributed by atoms with Crippen molar-refractivity contribution in [3.05, 3.63) is 29.6 Å². The summed E-state index contributed by atoms with van der Waals surface area (Å²) in [7, 11) is 0. The van der Waals surface area contributed by atoms with Gasteiger partial charge in [-0.2, -0.15) is 0 Å². The van der Waals surface area contributed by atoms with Gasteiger partial charge in [0.15, 0.2) is 0 Å². The van der Waals surface area contributed by atoms with E-state index in [2.05, 4.69) is 11.9 Å². The minimum Gasteiger partial charge on any atom is -0.388 e. The molecule has 0 aliphatic heterocycles. The summed E-state index contributed by atoms with van der Waals surface area (Å²) in [6, 6.07) is 3.87. The molecule has 0 unspecified atom stereocenters. The van der Waals surface area contributed by atoms with Crippen molar-refractivity contribution in [2.45, 2.75) is 45.3 Å². The second-order valence-electron chi connectivity index (χ2n) is 5.07. The molecule has 0 aromatic carbocycles. The molecule has 0 amide bonds. The zero-order chi connectivity index (χ0) is 13.0. The normalized spacial score (nSPS) is 23.8. The highest BCUT2D eigenvalue weighted by Gasteiger charge is 2.19. The number of rotatable bonds is 4. The van der Waals surface area contributed by atoms with Crippen molar-refractivity contribution >= 4 is 17.2 Å². The highest BCUT2D eigenvalue weighted by atomic mass is 32.1. The van der Waals surface area contributed by atoms with Crippen molar-refractivity contribution in [3.8, 4) is 0 Å². The lowest BCUT2D eigenvalue weighted by molar-refractivity contribution is 0.00861. The third-order valence-corrected chi connectivity index (χ3v) is 3.76. The number of thiocarbonyl (C=S) groups is 1. The molecule has 2 rings (SSSR count). The fourth-order valence-electron chi connectivity index (χ4n) is 2.38. The molecule has 4 heteroatoms. The van der Waals surface area contributed by atoms with E-state index in [4.69, 9.17) is 22.7 Å². The molecular formula is C14H20N2OS. The number of nitrogens with zero attached hydrogens (tertiary/aromatic N) is 1. The monoisotopic (exact) mass is 264 g/mol. The molecule has 1 aromatic rings. The summed E-state index contributed by atoms with van der Waals surface area (Å²) in [4.78, 5) is 4.55. The van der Waals surface area contributed by atoms with E-state index >= 15 is 0 Å². The van der Waals surface area contributed by atoms with Gasteiger partial charge < -0.3 is 10.5 Å². The van der Waals surface area contributed by atoms with Crippen molar-refractivity contribution in [2.75, 3.05) is 0 Å². The maximum atomic E-state index is 5.95. The van der Waals surface area contributed by atoms with Gasteiger partial charge in [0.05, 0.1) is 12.7 Å². The van der Waals surface area contributed by atoms with E-state index in [1.165, 1.54) is 12.8 Å². The van der Waals surface area contributed by atoms with Crippen LogP contribution >= 0.6 is 12.2 Å². The van der Waals surface area contributed by atoms with Crippen LogP contribution in [-0.4, -0.2) is 16.1 Å². The average molecular weight is 264 g/mol. The SMILES string of the molecule is CC1CCC(OCc2cccnc2C(N)=S)CC1. The fraction of sp³-hybridized carbons (Fsp3) is 0.571. The van der Waals surface area contributed by atoms with Crippen LogP contribution in [0.15, 0.2) is 18.3 Å². The summed E-state index contributed by atoms with van der Waals surface area (Å²) < 4.78 is 5.95. The fourth-order valence-corrected chi connectivity index (χ4v) is 2.56. The molecule has 3 nitrogen and oxygen atoms in total. The first kappa shape index (κ1) is 13.4. The van der Waals surface area contributed by atoms with Gasteiger partial charge in [-0.25, -0.2) is 0 Å². The quantitative estimate of drug-likeness (QED) is 0.850. The lowest BCUT2D eigenvalue weighted by Gasteiger charge is -2.26. The van der Waals surface area contributed by atoms with Crippen molar-refractivity contribution in [1.82, 2.24) is 4.98 Å². The summed E-state index contributed by atoms with van der Waals surface area (Å²) >= 11 is 5.00. The molecule has 18 heavy (non-hydrogen) atoms. The molecule has 1 aliphatic rings. The van der Waals surface area contributed by atoms with Gasteiger partial charge in [0, 0.05) is 11.8 Å². The van der Waals surface area contributed by atoms with Gasteiger partial charge in [-0.1, -0.05) is 25.2 Å².